The Hall–Kier alpha value is -2.06. The number of hydrogen-bond donors (Lipinski definition) is 0. The largest absolute Gasteiger partial charge is 0.253 e. The van der Waals surface area contributed by atoms with E-state index >= 15 is 0 Å². The van der Waals surface area contributed by atoms with E-state index in [1.165, 1.54) is 25.7 Å². The molecule has 0 spiro atoms. The predicted molar refractivity (Wildman–Crippen MR) is 94.9 cm³/mol. The summed E-state index contributed by atoms with van der Waals surface area (Å²) in [5, 5.41) is 0. The van der Waals surface area contributed by atoms with E-state index in [2.05, 4.69) is 47.5 Å². The second kappa shape index (κ2) is 9.06. The summed E-state index contributed by atoms with van der Waals surface area (Å²) in [5.74, 6) is 12.9. The first kappa shape index (κ1) is 16.3. The Morgan fingerprint density at radius 1 is 0.909 bits per heavy atom. The zero-order valence-corrected chi connectivity index (χ0v) is 13.7. The molecule has 0 N–H and O–H groups in total. The van der Waals surface area contributed by atoms with Crippen LogP contribution in [-0.4, -0.2) is 11.4 Å². The fourth-order valence-electron chi connectivity index (χ4n) is 2.33. The van der Waals surface area contributed by atoms with Crippen LogP contribution in [0, 0.1) is 23.7 Å². The van der Waals surface area contributed by atoms with E-state index in [1.54, 1.807) is 6.20 Å². The van der Waals surface area contributed by atoms with Crippen LogP contribution in [0.15, 0.2) is 33.5 Å². The summed E-state index contributed by atoms with van der Waals surface area (Å²) in [7, 11) is 0. The van der Waals surface area contributed by atoms with Crippen molar-refractivity contribution in [3.8, 4) is 23.7 Å². The van der Waals surface area contributed by atoms with E-state index in [-0.39, 0.29) is 0 Å². The van der Waals surface area contributed by atoms with Gasteiger partial charge in [0, 0.05) is 19.0 Å². The highest BCUT2D eigenvalue weighted by Crippen LogP contribution is 2.21. The summed E-state index contributed by atoms with van der Waals surface area (Å²) in [6.45, 7) is 4.41. The fourth-order valence-corrected chi connectivity index (χ4v) is 2.33. The lowest BCUT2D eigenvalue weighted by atomic mass is 10.1. The van der Waals surface area contributed by atoms with Crippen molar-refractivity contribution in [2.75, 3.05) is 0 Å². The van der Waals surface area contributed by atoms with Gasteiger partial charge in [0.2, 0.25) is 0 Å². The van der Waals surface area contributed by atoms with Crippen LogP contribution >= 0.6 is 0 Å². The molecule has 0 aromatic rings. The van der Waals surface area contributed by atoms with Gasteiger partial charge in [0.15, 0.2) is 0 Å². The Balaban J connectivity index is 2.05. The van der Waals surface area contributed by atoms with Gasteiger partial charge >= 0.3 is 0 Å². The first-order chi connectivity index (χ1) is 10.9. The predicted octanol–water partition coefficient (Wildman–Crippen LogP) is 4.83. The van der Waals surface area contributed by atoms with Gasteiger partial charge in [0.1, 0.15) is 11.4 Å². The molecule has 22 heavy (non-hydrogen) atoms. The minimum absolute atomic E-state index is 0.803. The van der Waals surface area contributed by atoms with Crippen molar-refractivity contribution in [3.63, 3.8) is 0 Å². The molecule has 0 radical (unpaired) electrons. The maximum atomic E-state index is 4.57. The van der Waals surface area contributed by atoms with Gasteiger partial charge in [-0.05, 0) is 24.8 Å². The summed E-state index contributed by atoms with van der Waals surface area (Å²) >= 11 is 0. The number of aliphatic imine (C=N–C) groups is 2. The molecule has 0 fully saturated rings. The monoisotopic (exact) mass is 292 g/mol. The zero-order valence-electron chi connectivity index (χ0n) is 13.7. The summed E-state index contributed by atoms with van der Waals surface area (Å²) in [4.78, 5) is 8.95. The van der Waals surface area contributed by atoms with Crippen LogP contribution in [0.4, 0.5) is 0 Å². The van der Waals surface area contributed by atoms with Gasteiger partial charge in [-0.2, -0.15) is 0 Å². The molecule has 2 aliphatic heterocycles. The van der Waals surface area contributed by atoms with Crippen molar-refractivity contribution >= 4 is 11.4 Å². The summed E-state index contributed by atoms with van der Waals surface area (Å²) in [5.41, 5.74) is 3.54. The average molecular weight is 292 g/mol. The van der Waals surface area contributed by atoms with Gasteiger partial charge in [-0.3, -0.25) is 4.99 Å². The molecule has 114 valence electrons. The quantitative estimate of drug-likeness (QED) is 0.495. The lowest BCUT2D eigenvalue weighted by Crippen LogP contribution is -2.05. The summed E-state index contributed by atoms with van der Waals surface area (Å²) in [6, 6.07) is 0. The summed E-state index contributed by atoms with van der Waals surface area (Å²) < 4.78 is 0. The van der Waals surface area contributed by atoms with Crippen molar-refractivity contribution in [2.45, 2.75) is 65.2 Å². The van der Waals surface area contributed by atoms with Crippen LogP contribution in [0.2, 0.25) is 0 Å². The SMILES string of the molecule is CCCCCC#CC1=C(C#CCCCCC)C2=NC=CC2=N1. The van der Waals surface area contributed by atoms with E-state index in [4.69, 9.17) is 0 Å². The van der Waals surface area contributed by atoms with Gasteiger partial charge in [0.05, 0.1) is 11.3 Å². The molecule has 2 heterocycles. The molecular weight excluding hydrogens is 268 g/mol. The molecular formula is C20H24N2. The van der Waals surface area contributed by atoms with Gasteiger partial charge in [-0.25, -0.2) is 4.99 Å². The van der Waals surface area contributed by atoms with Crippen LogP contribution < -0.4 is 0 Å². The topological polar surface area (TPSA) is 24.7 Å². The lowest BCUT2D eigenvalue weighted by molar-refractivity contribution is 0.737. The third-order valence-electron chi connectivity index (χ3n) is 3.62. The first-order valence-electron chi connectivity index (χ1n) is 8.42. The van der Waals surface area contributed by atoms with E-state index in [9.17, 15) is 0 Å². The van der Waals surface area contributed by atoms with Gasteiger partial charge in [-0.15, -0.1) is 0 Å². The Morgan fingerprint density at radius 3 is 2.27 bits per heavy atom. The van der Waals surface area contributed by atoms with Crippen molar-refractivity contribution < 1.29 is 0 Å². The minimum Gasteiger partial charge on any atom is -0.253 e. The first-order valence-corrected chi connectivity index (χ1v) is 8.42. The molecule has 0 saturated heterocycles. The summed E-state index contributed by atoms with van der Waals surface area (Å²) in [6.07, 6.45) is 12.8. The molecule has 2 rings (SSSR count). The standard InChI is InChI=1S/C20H24N2/c1-3-5-7-9-11-13-17-18(14-12-10-8-6-4-2)22-19-15-16-21-20(17)19/h15-16H,3-10H2,1-2H3. The third-order valence-corrected chi connectivity index (χ3v) is 3.62. The van der Waals surface area contributed by atoms with Crippen molar-refractivity contribution in [2.24, 2.45) is 9.98 Å². The fraction of sp³-hybridized carbons (Fsp3) is 0.500. The van der Waals surface area contributed by atoms with E-state index in [0.717, 1.165) is 48.4 Å². The minimum atomic E-state index is 0.803. The van der Waals surface area contributed by atoms with E-state index < -0.39 is 0 Å². The Bertz CT molecular complexity index is 607. The maximum Gasteiger partial charge on any atom is 0.131 e. The molecule has 2 heteroatoms. The number of fused-ring (bicyclic) bond motifs is 1. The molecule has 0 atom stereocenters. The van der Waals surface area contributed by atoms with Crippen LogP contribution in [0.1, 0.15) is 65.2 Å². The molecule has 0 aromatic carbocycles. The number of unbranched alkanes of at least 4 members (excludes halogenated alkanes) is 6. The lowest BCUT2D eigenvalue weighted by Gasteiger charge is -1.93. The second-order valence-electron chi connectivity index (χ2n) is 5.53. The highest BCUT2D eigenvalue weighted by atomic mass is 14.9. The smallest absolute Gasteiger partial charge is 0.131 e. The van der Waals surface area contributed by atoms with Gasteiger partial charge < -0.3 is 0 Å². The average Bonchev–Trinajstić information content (AvgIpc) is 3.09. The maximum absolute atomic E-state index is 4.57. The van der Waals surface area contributed by atoms with Crippen LogP contribution in [-0.2, 0) is 0 Å². The molecule has 2 aliphatic rings. The Labute approximate surface area is 134 Å². The molecule has 2 nitrogen and oxygen atoms in total. The number of rotatable bonds is 6. The molecule has 0 aromatic heterocycles. The second-order valence-corrected chi connectivity index (χ2v) is 5.53. The van der Waals surface area contributed by atoms with Gasteiger partial charge in [-0.1, -0.05) is 57.3 Å². The zero-order chi connectivity index (χ0) is 15.6. The third kappa shape index (κ3) is 4.47. The van der Waals surface area contributed by atoms with E-state index in [0.29, 0.717) is 0 Å². The Kier molecular flexibility index (Phi) is 6.72. The Morgan fingerprint density at radius 2 is 1.59 bits per heavy atom. The highest BCUT2D eigenvalue weighted by molar-refractivity contribution is 6.56. The molecule has 0 amide bonds. The number of nitrogens with zero attached hydrogens (tertiary/aromatic N) is 2. The van der Waals surface area contributed by atoms with Crippen LogP contribution in [0.25, 0.3) is 0 Å². The van der Waals surface area contributed by atoms with Gasteiger partial charge in [0.25, 0.3) is 0 Å². The molecule has 0 saturated carbocycles. The van der Waals surface area contributed by atoms with Crippen molar-refractivity contribution in [1.29, 1.82) is 0 Å². The molecule has 0 aliphatic carbocycles. The number of hydrogen-bond acceptors (Lipinski definition) is 2. The van der Waals surface area contributed by atoms with E-state index in [1.807, 2.05) is 6.08 Å². The number of allylic oxidation sites excluding steroid dienone is 3. The molecule has 0 bridgehead atoms. The van der Waals surface area contributed by atoms with Crippen molar-refractivity contribution in [1.82, 2.24) is 0 Å². The van der Waals surface area contributed by atoms with Crippen LogP contribution in [0.3, 0.4) is 0 Å². The molecule has 0 unspecified atom stereocenters. The van der Waals surface area contributed by atoms with Crippen LogP contribution in [0.5, 0.6) is 0 Å². The highest BCUT2D eigenvalue weighted by Gasteiger charge is 2.23. The van der Waals surface area contributed by atoms with Crippen molar-refractivity contribution in [3.05, 3.63) is 23.5 Å². The normalized spacial score (nSPS) is 14.8.